The largest absolute Gasteiger partial charge is 0.372 e. The molecule has 0 saturated heterocycles. The maximum Gasteiger partial charge on any atom is 0.169 e. The van der Waals surface area contributed by atoms with E-state index < -0.39 is 0 Å². The van der Waals surface area contributed by atoms with Crippen molar-refractivity contribution in [3.05, 3.63) is 120 Å². The zero-order valence-corrected chi connectivity index (χ0v) is 28.4. The topological polar surface area (TPSA) is 22.7 Å². The van der Waals surface area contributed by atoms with Gasteiger partial charge in [0.15, 0.2) is 12.4 Å². The number of aromatic nitrogens is 1. The minimum absolute atomic E-state index is 0.877. The quantitative estimate of drug-likeness (QED) is 0.0589. The molecule has 0 aliphatic rings. The van der Waals surface area contributed by atoms with Gasteiger partial charge in [0.2, 0.25) is 0 Å². The summed E-state index contributed by atoms with van der Waals surface area (Å²) in [7, 11) is 0. The fourth-order valence-corrected chi connectivity index (χ4v) is 5.31. The highest BCUT2D eigenvalue weighted by Crippen LogP contribution is 2.18. The molecule has 0 unspecified atom stereocenters. The van der Waals surface area contributed by atoms with Gasteiger partial charge in [0, 0.05) is 68.9 Å². The van der Waals surface area contributed by atoms with Gasteiger partial charge < -0.3 is 9.80 Å². The SMILES string of the molecule is C\C=C/C(/C=C/c1ccc(N(CC)CC)cc1)=C\C=N\CCCCCC[n+]1ccc(/C=C/c2ccc(N(CC)CC)cc2)cc1. The molecule has 3 aromatic rings. The Kier molecular flexibility index (Phi) is 16.3. The average Bonchev–Trinajstić information content (AvgIpc) is 3.08. The third-order valence-corrected chi connectivity index (χ3v) is 8.08. The van der Waals surface area contributed by atoms with Crippen LogP contribution in [0.3, 0.4) is 0 Å². The number of nitrogens with zero attached hydrogens (tertiary/aromatic N) is 4. The van der Waals surface area contributed by atoms with E-state index in [1.54, 1.807) is 0 Å². The van der Waals surface area contributed by atoms with Gasteiger partial charge >= 0.3 is 0 Å². The van der Waals surface area contributed by atoms with Crippen LogP contribution in [0, 0.1) is 0 Å². The molecule has 0 bridgehead atoms. The lowest BCUT2D eigenvalue weighted by atomic mass is 10.1. The molecule has 0 saturated carbocycles. The van der Waals surface area contributed by atoms with E-state index in [9.17, 15) is 0 Å². The summed E-state index contributed by atoms with van der Waals surface area (Å²) >= 11 is 0. The fraction of sp³-hybridized carbons (Fsp3) is 0.366. The molecule has 45 heavy (non-hydrogen) atoms. The van der Waals surface area contributed by atoms with E-state index >= 15 is 0 Å². The number of aliphatic imine (C=N–C) groups is 1. The van der Waals surface area contributed by atoms with Crippen LogP contribution >= 0.6 is 0 Å². The van der Waals surface area contributed by atoms with Crippen molar-refractivity contribution < 1.29 is 4.57 Å². The van der Waals surface area contributed by atoms with E-state index in [1.165, 1.54) is 47.3 Å². The molecule has 4 nitrogen and oxygen atoms in total. The maximum atomic E-state index is 4.63. The predicted octanol–water partition coefficient (Wildman–Crippen LogP) is 9.68. The number of aryl methyl sites for hydroxylation is 1. The number of rotatable bonds is 19. The van der Waals surface area contributed by atoms with E-state index in [4.69, 9.17) is 0 Å². The van der Waals surface area contributed by atoms with Gasteiger partial charge in [-0.25, -0.2) is 4.57 Å². The first-order chi connectivity index (χ1) is 22.1. The molecule has 1 aromatic heterocycles. The third-order valence-electron chi connectivity index (χ3n) is 8.08. The molecule has 0 aliphatic carbocycles. The van der Waals surface area contributed by atoms with Crippen LogP contribution in [0.2, 0.25) is 0 Å². The molecule has 3 rings (SSSR count). The molecular formula is C41H55N4+. The Labute approximate surface area is 273 Å². The third kappa shape index (κ3) is 12.8. The molecule has 0 N–H and O–H groups in total. The second-order valence-electron chi connectivity index (χ2n) is 11.2. The summed E-state index contributed by atoms with van der Waals surface area (Å²) in [6, 6.07) is 22.0. The van der Waals surface area contributed by atoms with Crippen molar-refractivity contribution in [3.63, 3.8) is 0 Å². The molecular weight excluding hydrogens is 548 g/mol. The summed E-state index contributed by atoms with van der Waals surface area (Å²) in [5.41, 5.74) is 7.37. The van der Waals surface area contributed by atoms with Crippen molar-refractivity contribution >= 4 is 35.8 Å². The molecule has 1 heterocycles. The zero-order chi connectivity index (χ0) is 32.1. The Morgan fingerprint density at radius 3 is 1.67 bits per heavy atom. The minimum Gasteiger partial charge on any atom is -0.372 e. The lowest BCUT2D eigenvalue weighted by Crippen LogP contribution is -2.32. The summed E-state index contributed by atoms with van der Waals surface area (Å²) in [5, 5.41) is 0. The molecule has 238 valence electrons. The number of hydrogen-bond acceptors (Lipinski definition) is 3. The number of anilines is 2. The van der Waals surface area contributed by atoms with Gasteiger partial charge in [-0.1, -0.05) is 67.1 Å². The maximum absolute atomic E-state index is 4.63. The molecule has 0 spiro atoms. The Morgan fingerprint density at radius 2 is 1.13 bits per heavy atom. The second kappa shape index (κ2) is 20.7. The lowest BCUT2D eigenvalue weighted by molar-refractivity contribution is -0.697. The Balaban J connectivity index is 1.34. The summed E-state index contributed by atoms with van der Waals surface area (Å²) in [4.78, 5) is 9.36. The number of unbranched alkanes of at least 4 members (excludes halogenated alkanes) is 3. The Hall–Kier alpha value is -4.18. The van der Waals surface area contributed by atoms with E-state index in [0.717, 1.165) is 51.3 Å². The van der Waals surface area contributed by atoms with Gasteiger partial charge in [-0.3, -0.25) is 4.99 Å². The fourth-order valence-electron chi connectivity index (χ4n) is 5.31. The Morgan fingerprint density at radius 1 is 0.622 bits per heavy atom. The van der Waals surface area contributed by atoms with Gasteiger partial charge in [-0.05, 0) is 100 Å². The predicted molar refractivity (Wildman–Crippen MR) is 199 cm³/mol. The van der Waals surface area contributed by atoms with E-state index in [2.05, 4.69) is 170 Å². The van der Waals surface area contributed by atoms with Crippen molar-refractivity contribution in [1.82, 2.24) is 0 Å². The van der Waals surface area contributed by atoms with Crippen LogP contribution in [0.25, 0.3) is 18.2 Å². The monoisotopic (exact) mass is 603 g/mol. The number of pyridine rings is 1. The van der Waals surface area contributed by atoms with E-state index in [1.807, 2.05) is 6.21 Å². The highest BCUT2D eigenvalue weighted by Gasteiger charge is 2.03. The van der Waals surface area contributed by atoms with Gasteiger partial charge in [0.05, 0.1) is 0 Å². The number of allylic oxidation sites excluding steroid dienone is 5. The van der Waals surface area contributed by atoms with Crippen molar-refractivity contribution in [2.75, 3.05) is 42.5 Å². The zero-order valence-electron chi connectivity index (χ0n) is 28.4. The molecule has 0 amide bonds. The van der Waals surface area contributed by atoms with E-state index in [0.29, 0.717) is 0 Å². The van der Waals surface area contributed by atoms with Crippen LogP contribution in [-0.4, -0.2) is 38.9 Å². The molecule has 0 fully saturated rings. The van der Waals surface area contributed by atoms with Gasteiger partial charge in [0.1, 0.15) is 6.54 Å². The smallest absolute Gasteiger partial charge is 0.169 e. The summed E-state index contributed by atoms with van der Waals surface area (Å²) < 4.78 is 2.29. The second-order valence-corrected chi connectivity index (χ2v) is 11.2. The highest BCUT2D eigenvalue weighted by atomic mass is 15.1. The van der Waals surface area contributed by atoms with Crippen LogP contribution in [-0.2, 0) is 6.54 Å². The van der Waals surface area contributed by atoms with Crippen LogP contribution in [0.5, 0.6) is 0 Å². The van der Waals surface area contributed by atoms with Crippen molar-refractivity contribution in [2.45, 2.75) is 66.8 Å². The average molecular weight is 604 g/mol. The molecule has 2 aromatic carbocycles. The summed E-state index contributed by atoms with van der Waals surface area (Å²) in [6.07, 6.45) is 26.1. The highest BCUT2D eigenvalue weighted by molar-refractivity contribution is 5.75. The first kappa shape index (κ1) is 35.3. The van der Waals surface area contributed by atoms with Gasteiger partial charge in [0.25, 0.3) is 0 Å². The lowest BCUT2D eigenvalue weighted by Gasteiger charge is -2.20. The van der Waals surface area contributed by atoms with Crippen molar-refractivity contribution in [2.24, 2.45) is 4.99 Å². The van der Waals surface area contributed by atoms with Crippen molar-refractivity contribution in [1.29, 1.82) is 0 Å². The number of benzene rings is 2. The normalized spacial score (nSPS) is 12.3. The van der Waals surface area contributed by atoms with Crippen LogP contribution < -0.4 is 14.4 Å². The van der Waals surface area contributed by atoms with Crippen LogP contribution in [0.4, 0.5) is 11.4 Å². The van der Waals surface area contributed by atoms with Gasteiger partial charge in [-0.15, -0.1) is 0 Å². The molecule has 4 heteroatoms. The number of hydrogen-bond donors (Lipinski definition) is 0. The summed E-state index contributed by atoms with van der Waals surface area (Å²) in [6.45, 7) is 16.9. The first-order valence-electron chi connectivity index (χ1n) is 17.0. The summed E-state index contributed by atoms with van der Waals surface area (Å²) in [5.74, 6) is 0. The first-order valence-corrected chi connectivity index (χ1v) is 17.0. The van der Waals surface area contributed by atoms with Crippen molar-refractivity contribution in [3.8, 4) is 0 Å². The molecule has 0 aliphatic heterocycles. The standard InChI is InChI=1S/C41H55N4/c1-6-15-36(16-17-37-20-24-40(25-21-37)44(7-2)8-3)28-32-42-31-13-11-12-14-33-43-34-29-39(30-35-43)19-18-38-22-26-41(27-23-38)45(9-4)10-5/h6,15-30,32,34-35H,7-14,31,33H2,1-5H3/q+1/b15-6-,17-16+,36-28+,42-32+. The van der Waals surface area contributed by atoms with Crippen LogP contribution in [0.1, 0.15) is 77.0 Å². The van der Waals surface area contributed by atoms with E-state index in [-0.39, 0.29) is 0 Å². The molecule has 0 atom stereocenters. The van der Waals surface area contributed by atoms with Crippen LogP contribution in [0.15, 0.2) is 108 Å². The Bertz CT molecular complexity index is 1370. The minimum atomic E-state index is 0.877. The molecule has 0 radical (unpaired) electrons. The van der Waals surface area contributed by atoms with Gasteiger partial charge in [-0.2, -0.15) is 0 Å².